The lowest BCUT2D eigenvalue weighted by Crippen LogP contribution is -2.21. The Morgan fingerprint density at radius 1 is 1.18 bits per heavy atom. The average Bonchev–Trinajstić information content (AvgIpc) is 2.88. The lowest BCUT2D eigenvalue weighted by atomic mass is 10.1. The fourth-order valence-corrected chi connectivity index (χ4v) is 2.52. The van der Waals surface area contributed by atoms with Crippen LogP contribution in [0.15, 0.2) is 42.4 Å². The Morgan fingerprint density at radius 3 is 2.27 bits per heavy atom. The second-order valence-electron chi connectivity index (χ2n) is 5.04. The molecule has 6 heteroatoms. The van der Waals surface area contributed by atoms with E-state index in [1.54, 1.807) is 24.3 Å². The first-order valence-corrected chi connectivity index (χ1v) is 6.53. The molecule has 0 unspecified atom stereocenters. The molecule has 0 atom stereocenters. The van der Waals surface area contributed by atoms with Crippen LogP contribution in [-0.4, -0.2) is 5.91 Å². The maximum Gasteiger partial charge on any atom is 0.418 e. The lowest BCUT2D eigenvalue weighted by Gasteiger charge is -2.23. The predicted octanol–water partition coefficient (Wildman–Crippen LogP) is 3.32. The molecule has 0 bridgehead atoms. The van der Waals surface area contributed by atoms with Crippen molar-refractivity contribution in [2.45, 2.75) is 19.3 Å². The molecule has 2 aromatic rings. The number of nitrogens with two attached hydrogens (primary N) is 1. The summed E-state index contributed by atoms with van der Waals surface area (Å²) in [5.74, 6) is -1.09. The number of halogens is 3. The highest BCUT2D eigenvalue weighted by atomic mass is 19.4. The summed E-state index contributed by atoms with van der Waals surface area (Å²) < 4.78 is 55.9. The molecule has 1 aliphatic rings. The lowest BCUT2D eigenvalue weighted by molar-refractivity contribution is -0.137. The number of primary amides is 1. The minimum absolute atomic E-state index is 0.195. The summed E-state index contributed by atoms with van der Waals surface area (Å²) in [5.41, 5.74) is 4.85. The van der Waals surface area contributed by atoms with E-state index >= 15 is 0 Å². The highest BCUT2D eigenvalue weighted by Crippen LogP contribution is 2.39. The number of fused-ring (bicyclic) bond motifs is 1. The van der Waals surface area contributed by atoms with Crippen molar-refractivity contribution in [1.29, 1.82) is 0 Å². The molecule has 1 heterocycles. The first kappa shape index (κ1) is 12.1. The van der Waals surface area contributed by atoms with Crippen LogP contribution in [0.3, 0.4) is 0 Å². The zero-order chi connectivity index (χ0) is 17.6. The Balaban J connectivity index is 2.19. The third-order valence-electron chi connectivity index (χ3n) is 3.57. The van der Waals surface area contributed by atoms with E-state index < -0.39 is 41.0 Å². The third-order valence-corrected chi connectivity index (χ3v) is 3.57. The molecule has 0 aromatic heterocycles. The normalized spacial score (nSPS) is 15.3. The second-order valence-corrected chi connectivity index (χ2v) is 5.04. The number of nitrogens with zero attached hydrogens (tertiary/aromatic N) is 1. The van der Waals surface area contributed by atoms with Crippen molar-refractivity contribution in [3.63, 3.8) is 0 Å². The quantitative estimate of drug-likeness (QED) is 0.925. The monoisotopic (exact) mass is 308 g/mol. The van der Waals surface area contributed by atoms with E-state index in [1.165, 1.54) is 4.90 Å². The highest BCUT2D eigenvalue weighted by Gasteiger charge is 2.36. The van der Waals surface area contributed by atoms with Crippen molar-refractivity contribution < 1.29 is 20.7 Å². The standard InChI is InChI=1S/C16H13F3N2O/c17-16(18,19)13-6-5-10(15(20)22)7-14(13)21-8-11-3-1-2-4-12(11)9-21/h1-7H,8-9H2,(H2,20,22)/i5D,7D. The van der Waals surface area contributed by atoms with Crippen LogP contribution < -0.4 is 10.6 Å². The van der Waals surface area contributed by atoms with Gasteiger partial charge in [0.05, 0.1) is 14.0 Å². The summed E-state index contributed by atoms with van der Waals surface area (Å²) in [7, 11) is 0. The van der Waals surface area contributed by atoms with Crippen LogP contribution >= 0.6 is 0 Å². The molecule has 0 aliphatic carbocycles. The smallest absolute Gasteiger partial charge is 0.366 e. The Morgan fingerprint density at radius 2 is 1.77 bits per heavy atom. The van der Waals surface area contributed by atoms with Gasteiger partial charge in [0, 0.05) is 18.7 Å². The number of hydrogen-bond acceptors (Lipinski definition) is 2. The molecule has 22 heavy (non-hydrogen) atoms. The highest BCUT2D eigenvalue weighted by molar-refractivity contribution is 5.94. The van der Waals surface area contributed by atoms with E-state index in [4.69, 9.17) is 8.48 Å². The number of benzene rings is 2. The molecular weight excluding hydrogens is 293 g/mol. The van der Waals surface area contributed by atoms with Crippen molar-refractivity contribution >= 4 is 11.6 Å². The number of carbonyl (C=O) groups is 1. The van der Waals surface area contributed by atoms with Gasteiger partial charge < -0.3 is 10.6 Å². The van der Waals surface area contributed by atoms with Crippen molar-refractivity contribution in [3.8, 4) is 0 Å². The van der Waals surface area contributed by atoms with Gasteiger partial charge in [0.2, 0.25) is 5.91 Å². The Hall–Kier alpha value is -2.50. The first-order valence-electron chi connectivity index (χ1n) is 7.53. The van der Waals surface area contributed by atoms with Crippen molar-refractivity contribution in [1.82, 2.24) is 0 Å². The molecule has 0 radical (unpaired) electrons. The van der Waals surface area contributed by atoms with Crippen LogP contribution in [-0.2, 0) is 19.3 Å². The van der Waals surface area contributed by atoms with E-state index in [9.17, 15) is 18.0 Å². The molecule has 1 amide bonds. The van der Waals surface area contributed by atoms with Gasteiger partial charge in [-0.15, -0.1) is 0 Å². The average molecular weight is 308 g/mol. The minimum Gasteiger partial charge on any atom is -0.366 e. The van der Waals surface area contributed by atoms with Gasteiger partial charge in [0.15, 0.2) is 0 Å². The number of amides is 1. The van der Waals surface area contributed by atoms with Gasteiger partial charge in [-0.05, 0) is 29.3 Å². The first-order chi connectivity index (χ1) is 11.2. The van der Waals surface area contributed by atoms with E-state index in [1.807, 2.05) is 0 Å². The van der Waals surface area contributed by atoms with Crippen molar-refractivity contribution in [3.05, 3.63) is 64.7 Å². The van der Waals surface area contributed by atoms with Gasteiger partial charge in [0.25, 0.3) is 0 Å². The Kier molecular flexibility index (Phi) is 2.77. The molecule has 114 valence electrons. The number of hydrogen-bond donors (Lipinski definition) is 1. The zero-order valence-electron chi connectivity index (χ0n) is 13.4. The van der Waals surface area contributed by atoms with Gasteiger partial charge >= 0.3 is 6.18 Å². The molecular formula is C16H13F3N2O. The summed E-state index contributed by atoms with van der Waals surface area (Å²) in [6.07, 6.45) is -4.74. The van der Waals surface area contributed by atoms with E-state index in [0.29, 0.717) is 6.07 Å². The van der Waals surface area contributed by atoms with Gasteiger partial charge in [-0.1, -0.05) is 24.3 Å². The Labute approximate surface area is 128 Å². The molecule has 0 saturated carbocycles. The minimum atomic E-state index is -4.74. The molecule has 0 saturated heterocycles. The molecule has 0 spiro atoms. The van der Waals surface area contributed by atoms with Gasteiger partial charge in [0.1, 0.15) is 0 Å². The summed E-state index contributed by atoms with van der Waals surface area (Å²) >= 11 is 0. The van der Waals surface area contributed by atoms with E-state index in [-0.39, 0.29) is 13.1 Å². The van der Waals surface area contributed by atoms with Gasteiger partial charge in [-0.25, -0.2) is 0 Å². The van der Waals surface area contributed by atoms with Crippen LogP contribution in [0, 0.1) is 0 Å². The van der Waals surface area contributed by atoms with Crippen molar-refractivity contribution in [2.75, 3.05) is 4.90 Å². The molecule has 3 rings (SSSR count). The second kappa shape index (κ2) is 5.05. The van der Waals surface area contributed by atoms with Crippen molar-refractivity contribution in [2.24, 2.45) is 5.73 Å². The summed E-state index contributed by atoms with van der Waals surface area (Å²) in [4.78, 5) is 12.9. The number of rotatable bonds is 2. The SMILES string of the molecule is [2H]c1cc(C(F)(F)F)c(N2Cc3ccccc3C2)c([2H])c1C(N)=O. The summed E-state index contributed by atoms with van der Waals surface area (Å²) in [5, 5.41) is 0. The number of carbonyl (C=O) groups excluding carboxylic acids is 1. The fraction of sp³-hybridized carbons (Fsp3) is 0.188. The zero-order valence-corrected chi connectivity index (χ0v) is 11.4. The van der Waals surface area contributed by atoms with E-state index in [0.717, 1.165) is 11.1 Å². The number of anilines is 1. The molecule has 2 aromatic carbocycles. The van der Waals surface area contributed by atoms with Crippen LogP contribution in [0.4, 0.5) is 18.9 Å². The molecule has 1 aliphatic heterocycles. The molecule has 0 fully saturated rings. The van der Waals surface area contributed by atoms with Crippen LogP contribution in [0.5, 0.6) is 0 Å². The van der Waals surface area contributed by atoms with Gasteiger partial charge in [-0.3, -0.25) is 4.79 Å². The molecule has 3 nitrogen and oxygen atoms in total. The maximum atomic E-state index is 13.4. The molecule has 2 N–H and O–H groups in total. The fourth-order valence-electron chi connectivity index (χ4n) is 2.52. The Bertz CT molecular complexity index is 812. The summed E-state index contributed by atoms with van der Waals surface area (Å²) in [6, 6.07) is 6.40. The van der Waals surface area contributed by atoms with E-state index in [2.05, 4.69) is 0 Å². The number of alkyl halides is 3. The summed E-state index contributed by atoms with van der Waals surface area (Å²) in [6.45, 7) is 0.390. The largest absolute Gasteiger partial charge is 0.418 e. The third kappa shape index (κ3) is 2.52. The van der Waals surface area contributed by atoms with Crippen LogP contribution in [0.2, 0.25) is 0 Å². The van der Waals surface area contributed by atoms with Crippen LogP contribution in [0.1, 0.15) is 29.8 Å². The topological polar surface area (TPSA) is 46.3 Å². The van der Waals surface area contributed by atoms with Crippen LogP contribution in [0.25, 0.3) is 0 Å². The maximum absolute atomic E-state index is 13.4. The predicted molar refractivity (Wildman–Crippen MR) is 76.3 cm³/mol. The van der Waals surface area contributed by atoms with Gasteiger partial charge in [-0.2, -0.15) is 13.2 Å².